The van der Waals surface area contributed by atoms with Gasteiger partial charge in [-0.2, -0.15) is 5.26 Å². The Balaban J connectivity index is 2.62. The zero-order chi connectivity index (χ0) is 13.0. The van der Waals surface area contributed by atoms with Gasteiger partial charge in [-0.05, 0) is 24.2 Å². The fourth-order valence-corrected chi connectivity index (χ4v) is 2.56. The van der Waals surface area contributed by atoms with Gasteiger partial charge in [-0.25, -0.2) is 4.79 Å². The Bertz CT molecular complexity index is 308. The minimum absolute atomic E-state index is 0.0101. The zero-order valence-corrected chi connectivity index (χ0v) is 11.3. The highest BCUT2D eigenvalue weighted by molar-refractivity contribution is 5.74. The van der Waals surface area contributed by atoms with Crippen molar-refractivity contribution in [3.05, 3.63) is 0 Å². The number of carbonyl (C=O) groups excluding carboxylic acids is 1. The summed E-state index contributed by atoms with van der Waals surface area (Å²) in [5.41, 5.74) is 0. The third-order valence-corrected chi connectivity index (χ3v) is 3.78. The number of likely N-dealkylation sites (tertiary alicyclic amines) is 1. The molecule has 2 atom stereocenters. The number of nitriles is 1. The molecule has 1 saturated heterocycles. The van der Waals surface area contributed by atoms with Crippen molar-refractivity contribution in [1.82, 2.24) is 9.80 Å². The molecular formula is C13H23N3O. The number of piperidine rings is 1. The number of hydrogen-bond donors (Lipinski definition) is 0. The van der Waals surface area contributed by atoms with E-state index in [0.29, 0.717) is 17.8 Å². The summed E-state index contributed by atoms with van der Waals surface area (Å²) in [7, 11) is 1.69. The minimum Gasteiger partial charge on any atom is -0.324 e. The fraction of sp³-hybridized carbons (Fsp3) is 0.846. The maximum absolute atomic E-state index is 12.1. The van der Waals surface area contributed by atoms with Gasteiger partial charge in [0.2, 0.25) is 0 Å². The van der Waals surface area contributed by atoms with Gasteiger partial charge >= 0.3 is 6.03 Å². The number of nitrogens with zero attached hydrogens (tertiary/aromatic N) is 3. The number of carbonyl (C=O) groups is 1. The van der Waals surface area contributed by atoms with Crippen LogP contribution in [0.25, 0.3) is 0 Å². The second-order valence-electron chi connectivity index (χ2n) is 5.42. The van der Waals surface area contributed by atoms with Crippen molar-refractivity contribution >= 4 is 6.03 Å². The van der Waals surface area contributed by atoms with E-state index < -0.39 is 0 Å². The van der Waals surface area contributed by atoms with Gasteiger partial charge in [-0.3, -0.25) is 0 Å². The molecule has 0 radical (unpaired) electrons. The molecule has 0 aromatic heterocycles. The van der Waals surface area contributed by atoms with Gasteiger partial charge in [-0.1, -0.05) is 20.8 Å². The van der Waals surface area contributed by atoms with Gasteiger partial charge < -0.3 is 9.80 Å². The predicted octanol–water partition coefficient (Wildman–Crippen LogP) is 2.18. The molecule has 0 saturated carbocycles. The second kappa shape index (κ2) is 5.90. The highest BCUT2D eigenvalue weighted by Crippen LogP contribution is 2.29. The van der Waals surface area contributed by atoms with Gasteiger partial charge in [0.25, 0.3) is 0 Å². The van der Waals surface area contributed by atoms with Crippen LogP contribution in [0.15, 0.2) is 0 Å². The van der Waals surface area contributed by atoms with Crippen LogP contribution in [0.2, 0.25) is 0 Å². The molecule has 2 amide bonds. The smallest absolute Gasteiger partial charge is 0.320 e. The summed E-state index contributed by atoms with van der Waals surface area (Å²) in [5, 5.41) is 8.60. The predicted molar refractivity (Wildman–Crippen MR) is 67.3 cm³/mol. The van der Waals surface area contributed by atoms with Crippen LogP contribution in [0, 0.1) is 29.1 Å². The van der Waals surface area contributed by atoms with E-state index in [4.69, 9.17) is 5.26 Å². The molecule has 17 heavy (non-hydrogen) atoms. The van der Waals surface area contributed by atoms with Crippen molar-refractivity contribution in [2.75, 3.05) is 26.7 Å². The van der Waals surface area contributed by atoms with Crippen molar-refractivity contribution in [3.63, 3.8) is 0 Å². The first-order chi connectivity index (χ1) is 7.97. The van der Waals surface area contributed by atoms with E-state index in [0.717, 1.165) is 19.5 Å². The topological polar surface area (TPSA) is 47.3 Å². The standard InChI is InChI=1S/C13H23N3O/c1-10(2)12-9-16(7-5-11(12)3)13(17)15(4)8-6-14/h10-12H,5,7-9H2,1-4H3. The van der Waals surface area contributed by atoms with Gasteiger partial charge in [-0.15, -0.1) is 0 Å². The minimum atomic E-state index is -0.0101. The Kier molecular flexibility index (Phi) is 4.80. The lowest BCUT2D eigenvalue weighted by Gasteiger charge is -2.40. The fourth-order valence-electron chi connectivity index (χ4n) is 2.56. The number of hydrogen-bond acceptors (Lipinski definition) is 2. The summed E-state index contributed by atoms with van der Waals surface area (Å²) in [5.74, 6) is 1.85. The lowest BCUT2D eigenvalue weighted by atomic mass is 9.80. The summed E-state index contributed by atoms with van der Waals surface area (Å²) in [6.45, 7) is 8.51. The van der Waals surface area contributed by atoms with E-state index in [9.17, 15) is 4.79 Å². The Labute approximate surface area is 104 Å². The molecule has 0 bridgehead atoms. The first kappa shape index (κ1) is 13.8. The van der Waals surface area contributed by atoms with Crippen LogP contribution >= 0.6 is 0 Å². The molecule has 1 rings (SSSR count). The average molecular weight is 237 g/mol. The molecule has 1 aliphatic heterocycles. The van der Waals surface area contributed by atoms with Crippen LogP contribution in [0.1, 0.15) is 27.2 Å². The molecule has 4 nitrogen and oxygen atoms in total. The maximum atomic E-state index is 12.1. The van der Waals surface area contributed by atoms with E-state index in [1.807, 2.05) is 11.0 Å². The Morgan fingerprint density at radius 3 is 2.76 bits per heavy atom. The monoisotopic (exact) mass is 237 g/mol. The van der Waals surface area contributed by atoms with E-state index in [-0.39, 0.29) is 12.6 Å². The summed E-state index contributed by atoms with van der Waals surface area (Å²) in [6, 6.07) is 2.00. The van der Waals surface area contributed by atoms with Crippen LogP contribution in [0.3, 0.4) is 0 Å². The molecule has 4 heteroatoms. The van der Waals surface area contributed by atoms with E-state index >= 15 is 0 Å². The molecule has 2 unspecified atom stereocenters. The number of amides is 2. The van der Waals surface area contributed by atoms with Gasteiger partial charge in [0.05, 0.1) is 6.07 Å². The molecule has 1 fully saturated rings. The molecular weight excluding hydrogens is 214 g/mol. The van der Waals surface area contributed by atoms with Gasteiger partial charge in [0, 0.05) is 20.1 Å². The maximum Gasteiger partial charge on any atom is 0.320 e. The SMILES string of the molecule is CC(C)C1CN(C(=O)N(C)CC#N)CCC1C. The molecule has 1 aliphatic rings. The van der Waals surface area contributed by atoms with Crippen LogP contribution in [-0.4, -0.2) is 42.5 Å². The van der Waals surface area contributed by atoms with Crippen LogP contribution in [0.5, 0.6) is 0 Å². The highest BCUT2D eigenvalue weighted by Gasteiger charge is 2.31. The third-order valence-electron chi connectivity index (χ3n) is 3.78. The molecule has 0 spiro atoms. The van der Waals surface area contributed by atoms with Gasteiger partial charge in [0.15, 0.2) is 0 Å². The average Bonchev–Trinajstić information content (AvgIpc) is 2.28. The van der Waals surface area contributed by atoms with E-state index in [2.05, 4.69) is 20.8 Å². The summed E-state index contributed by atoms with van der Waals surface area (Å²) >= 11 is 0. The van der Waals surface area contributed by atoms with Crippen molar-refractivity contribution in [3.8, 4) is 6.07 Å². The second-order valence-corrected chi connectivity index (χ2v) is 5.42. The van der Waals surface area contributed by atoms with E-state index in [1.165, 1.54) is 4.90 Å². The van der Waals surface area contributed by atoms with Crippen LogP contribution in [-0.2, 0) is 0 Å². The molecule has 0 aliphatic carbocycles. The highest BCUT2D eigenvalue weighted by atomic mass is 16.2. The molecule has 1 heterocycles. The zero-order valence-electron chi connectivity index (χ0n) is 11.3. The lowest BCUT2D eigenvalue weighted by Crippen LogP contribution is -2.49. The summed E-state index contributed by atoms with van der Waals surface area (Å²) in [4.78, 5) is 15.4. The number of rotatable bonds is 2. The summed E-state index contributed by atoms with van der Waals surface area (Å²) < 4.78 is 0. The third kappa shape index (κ3) is 3.36. The molecule has 96 valence electrons. The van der Waals surface area contributed by atoms with Gasteiger partial charge in [0.1, 0.15) is 6.54 Å². The molecule has 0 aromatic rings. The summed E-state index contributed by atoms with van der Waals surface area (Å²) in [6.07, 6.45) is 1.06. The normalized spacial score (nSPS) is 24.6. The Morgan fingerprint density at radius 1 is 1.59 bits per heavy atom. The quantitative estimate of drug-likeness (QED) is 0.691. The molecule has 0 aromatic carbocycles. The molecule has 0 N–H and O–H groups in total. The van der Waals surface area contributed by atoms with Crippen molar-refractivity contribution < 1.29 is 4.79 Å². The lowest BCUT2D eigenvalue weighted by molar-refractivity contribution is 0.0976. The van der Waals surface area contributed by atoms with Crippen molar-refractivity contribution in [2.45, 2.75) is 27.2 Å². The van der Waals surface area contributed by atoms with E-state index in [1.54, 1.807) is 7.05 Å². The first-order valence-corrected chi connectivity index (χ1v) is 6.34. The number of urea groups is 1. The van der Waals surface area contributed by atoms with Crippen molar-refractivity contribution in [2.24, 2.45) is 17.8 Å². The van der Waals surface area contributed by atoms with Crippen LogP contribution in [0.4, 0.5) is 4.79 Å². The van der Waals surface area contributed by atoms with Crippen molar-refractivity contribution in [1.29, 1.82) is 5.26 Å². The Morgan fingerprint density at radius 2 is 2.24 bits per heavy atom. The largest absolute Gasteiger partial charge is 0.324 e. The van der Waals surface area contributed by atoms with Crippen LogP contribution < -0.4 is 0 Å². The first-order valence-electron chi connectivity index (χ1n) is 6.34. The Hall–Kier alpha value is -1.24.